The summed E-state index contributed by atoms with van der Waals surface area (Å²) in [6.45, 7) is 5.66. The Hall–Kier alpha value is -2.93. The van der Waals surface area contributed by atoms with Gasteiger partial charge in [-0.2, -0.15) is 0 Å². The van der Waals surface area contributed by atoms with Gasteiger partial charge < -0.3 is 19.6 Å². The lowest BCUT2D eigenvalue weighted by Gasteiger charge is -2.31. The summed E-state index contributed by atoms with van der Waals surface area (Å²) in [6, 6.07) is 8.45. The molecule has 0 radical (unpaired) electrons. The summed E-state index contributed by atoms with van der Waals surface area (Å²) in [5.41, 5.74) is 3.71. The molecule has 1 amide bonds. The maximum absolute atomic E-state index is 12.9. The molecule has 3 heterocycles. The normalized spacial score (nSPS) is 22.7. The fourth-order valence-corrected chi connectivity index (χ4v) is 5.84. The van der Waals surface area contributed by atoms with Gasteiger partial charge in [0.15, 0.2) is 0 Å². The van der Waals surface area contributed by atoms with Gasteiger partial charge in [-0.25, -0.2) is 9.97 Å². The van der Waals surface area contributed by atoms with Gasteiger partial charge in [0.1, 0.15) is 5.75 Å². The quantitative estimate of drug-likeness (QED) is 0.570. The second-order valence-corrected chi connectivity index (χ2v) is 10.7. The Labute approximate surface area is 220 Å². The van der Waals surface area contributed by atoms with Gasteiger partial charge >= 0.3 is 0 Å². The van der Waals surface area contributed by atoms with Crippen LogP contribution in [0.25, 0.3) is 5.57 Å². The summed E-state index contributed by atoms with van der Waals surface area (Å²) in [7, 11) is 0. The zero-order chi connectivity index (χ0) is 25.6. The lowest BCUT2D eigenvalue weighted by Crippen LogP contribution is -2.41. The van der Waals surface area contributed by atoms with Gasteiger partial charge in [0.25, 0.3) is 0 Å². The number of aliphatic hydroxyl groups is 1. The van der Waals surface area contributed by atoms with Gasteiger partial charge in [-0.05, 0) is 86.1 Å². The highest BCUT2D eigenvalue weighted by Crippen LogP contribution is 2.33. The first-order valence-corrected chi connectivity index (χ1v) is 14.0. The lowest BCUT2D eigenvalue weighted by atomic mass is 9.85. The average molecular weight is 505 g/mol. The van der Waals surface area contributed by atoms with Crippen LogP contribution in [0.1, 0.15) is 63.0 Å². The molecule has 1 aromatic heterocycles. The van der Waals surface area contributed by atoms with Crippen LogP contribution in [0.2, 0.25) is 0 Å². The number of benzene rings is 1. The number of hydrogen-bond acceptors (Lipinski definition) is 6. The van der Waals surface area contributed by atoms with Crippen LogP contribution in [0.4, 0.5) is 5.95 Å². The van der Waals surface area contributed by atoms with Crippen LogP contribution in [0.3, 0.4) is 0 Å². The van der Waals surface area contributed by atoms with Crippen molar-refractivity contribution in [1.29, 1.82) is 0 Å². The van der Waals surface area contributed by atoms with Crippen molar-refractivity contribution in [2.24, 2.45) is 11.8 Å². The standard InChI is InChI=1S/C30H40N4O3/c1-2-22-18-31-30(32-19-22)33-16-13-23(14-17-33)21-37-28-11-9-25(10-12-28)24-5-7-26(8-6-24)29(36)34-15-3-4-27(34)20-35/h5,9-12,18-19,23,26-27,35H,2-4,6-8,13-17,20-21H2,1H3/t26?,27-/m0/s1. The summed E-state index contributed by atoms with van der Waals surface area (Å²) in [6.07, 6.45) is 13.7. The predicted octanol–water partition coefficient (Wildman–Crippen LogP) is 4.50. The van der Waals surface area contributed by atoms with Crippen LogP contribution in [-0.4, -0.2) is 64.8 Å². The van der Waals surface area contributed by atoms with Gasteiger partial charge in [0.2, 0.25) is 11.9 Å². The first kappa shape index (κ1) is 25.7. The number of ether oxygens (including phenoxy) is 1. The monoisotopic (exact) mass is 504 g/mol. The van der Waals surface area contributed by atoms with E-state index in [1.165, 1.54) is 16.7 Å². The van der Waals surface area contributed by atoms with Crippen LogP contribution < -0.4 is 9.64 Å². The van der Waals surface area contributed by atoms with Gasteiger partial charge in [-0.3, -0.25) is 4.79 Å². The van der Waals surface area contributed by atoms with Gasteiger partial charge in [0, 0.05) is 37.9 Å². The number of anilines is 1. The molecule has 1 aliphatic carbocycles. The van der Waals surface area contributed by atoms with E-state index >= 15 is 0 Å². The third-order valence-corrected chi connectivity index (χ3v) is 8.34. The fourth-order valence-electron chi connectivity index (χ4n) is 5.84. The highest BCUT2D eigenvalue weighted by molar-refractivity contribution is 5.81. The van der Waals surface area contributed by atoms with Crippen molar-refractivity contribution in [2.75, 3.05) is 37.7 Å². The molecule has 0 bridgehead atoms. The van der Waals surface area contributed by atoms with Crippen molar-refractivity contribution in [2.45, 2.75) is 64.3 Å². The van der Waals surface area contributed by atoms with E-state index in [4.69, 9.17) is 4.74 Å². The number of nitrogens with zero attached hydrogens (tertiary/aromatic N) is 4. The van der Waals surface area contributed by atoms with Crippen LogP contribution in [0, 0.1) is 11.8 Å². The third-order valence-electron chi connectivity index (χ3n) is 8.34. The Morgan fingerprint density at radius 1 is 1.05 bits per heavy atom. The molecule has 2 aliphatic heterocycles. The second-order valence-electron chi connectivity index (χ2n) is 10.7. The topological polar surface area (TPSA) is 78.8 Å². The third kappa shape index (κ3) is 6.15. The van der Waals surface area contributed by atoms with E-state index in [1.54, 1.807) is 0 Å². The number of carbonyl (C=O) groups is 1. The number of amides is 1. The molecule has 2 aromatic rings. The zero-order valence-electron chi connectivity index (χ0n) is 22.0. The van der Waals surface area contributed by atoms with Crippen LogP contribution in [0.5, 0.6) is 5.75 Å². The number of aryl methyl sites for hydroxylation is 1. The Bertz CT molecular complexity index is 1060. The van der Waals surface area contributed by atoms with Crippen LogP contribution >= 0.6 is 0 Å². The van der Waals surface area contributed by atoms with E-state index in [0.29, 0.717) is 5.92 Å². The molecule has 1 aromatic carbocycles. The molecule has 1 unspecified atom stereocenters. The van der Waals surface area contributed by atoms with Gasteiger partial charge in [-0.15, -0.1) is 0 Å². The minimum absolute atomic E-state index is 0.0185. The maximum atomic E-state index is 12.9. The molecule has 2 atom stereocenters. The van der Waals surface area contributed by atoms with Crippen molar-refractivity contribution < 1.29 is 14.6 Å². The SMILES string of the molecule is CCc1cnc(N2CCC(COc3ccc(C4=CCC(C(=O)N5CCC[C@H]5CO)CC4)cc3)CC2)nc1. The summed E-state index contributed by atoms with van der Waals surface area (Å²) in [5, 5.41) is 9.55. The largest absolute Gasteiger partial charge is 0.493 e. The molecule has 0 spiro atoms. The van der Waals surface area contributed by atoms with Crippen molar-refractivity contribution >= 4 is 17.4 Å². The summed E-state index contributed by atoms with van der Waals surface area (Å²) in [5.74, 6) is 2.57. The van der Waals surface area contributed by atoms with E-state index in [9.17, 15) is 9.90 Å². The minimum atomic E-state index is 0.0185. The van der Waals surface area contributed by atoms with E-state index in [2.05, 4.69) is 52.1 Å². The second kappa shape index (κ2) is 12.1. The molecule has 7 heteroatoms. The molecule has 5 rings (SSSR count). The Morgan fingerprint density at radius 2 is 1.81 bits per heavy atom. The number of allylic oxidation sites excluding steroid dienone is 2. The first-order valence-electron chi connectivity index (χ1n) is 14.0. The van der Waals surface area contributed by atoms with Crippen LogP contribution in [-0.2, 0) is 11.2 Å². The molecule has 198 valence electrons. The molecular weight excluding hydrogens is 464 g/mol. The molecule has 2 saturated heterocycles. The molecule has 0 saturated carbocycles. The van der Waals surface area contributed by atoms with E-state index < -0.39 is 0 Å². The Kier molecular flexibility index (Phi) is 8.39. The lowest BCUT2D eigenvalue weighted by molar-refractivity contribution is -0.137. The first-order chi connectivity index (χ1) is 18.1. The van der Waals surface area contributed by atoms with Crippen molar-refractivity contribution in [3.63, 3.8) is 0 Å². The predicted molar refractivity (Wildman–Crippen MR) is 145 cm³/mol. The zero-order valence-corrected chi connectivity index (χ0v) is 22.0. The highest BCUT2D eigenvalue weighted by atomic mass is 16.5. The van der Waals surface area contributed by atoms with Crippen LogP contribution in [0.15, 0.2) is 42.7 Å². The van der Waals surface area contributed by atoms with Crippen molar-refractivity contribution in [3.8, 4) is 5.75 Å². The molecule has 2 fully saturated rings. The Morgan fingerprint density at radius 3 is 2.46 bits per heavy atom. The summed E-state index contributed by atoms with van der Waals surface area (Å²) < 4.78 is 6.15. The number of hydrogen-bond donors (Lipinski definition) is 1. The maximum Gasteiger partial charge on any atom is 0.226 e. The number of piperidine rings is 1. The fraction of sp³-hybridized carbons (Fsp3) is 0.567. The molecule has 7 nitrogen and oxygen atoms in total. The molecular formula is C30H40N4O3. The van der Waals surface area contributed by atoms with E-state index in [-0.39, 0.29) is 24.5 Å². The molecule has 3 aliphatic rings. The minimum Gasteiger partial charge on any atom is -0.493 e. The summed E-state index contributed by atoms with van der Waals surface area (Å²) >= 11 is 0. The van der Waals surface area contributed by atoms with Gasteiger partial charge in [-0.1, -0.05) is 25.1 Å². The van der Waals surface area contributed by atoms with Crippen molar-refractivity contribution in [1.82, 2.24) is 14.9 Å². The highest BCUT2D eigenvalue weighted by Gasteiger charge is 2.33. The summed E-state index contributed by atoms with van der Waals surface area (Å²) in [4.78, 5) is 26.2. The molecule has 37 heavy (non-hydrogen) atoms. The number of aliphatic hydroxyl groups excluding tert-OH is 1. The number of carbonyl (C=O) groups excluding carboxylic acids is 1. The van der Waals surface area contributed by atoms with E-state index in [1.807, 2.05) is 17.3 Å². The number of likely N-dealkylation sites (tertiary alicyclic amines) is 1. The molecule has 1 N–H and O–H groups in total. The average Bonchev–Trinajstić information content (AvgIpc) is 3.45. The van der Waals surface area contributed by atoms with E-state index in [0.717, 1.165) is 89.3 Å². The number of aromatic nitrogens is 2. The number of rotatable bonds is 8. The Balaban J connectivity index is 1.07. The smallest absolute Gasteiger partial charge is 0.226 e. The van der Waals surface area contributed by atoms with Gasteiger partial charge in [0.05, 0.1) is 19.3 Å². The van der Waals surface area contributed by atoms with Crippen molar-refractivity contribution in [3.05, 3.63) is 53.9 Å².